The number of nitrogens with one attached hydrogen (secondary N) is 1. The SMILES string of the molecule is O=C(N1CC[C@H]2CNC[C@H]21)C1(c2ccc(F)cc2)CCOCC1. The van der Waals surface area contributed by atoms with Crippen LogP contribution in [0.15, 0.2) is 24.3 Å². The molecule has 3 aliphatic rings. The van der Waals surface area contributed by atoms with Crippen LogP contribution in [0.4, 0.5) is 4.39 Å². The Morgan fingerprint density at radius 1 is 1.22 bits per heavy atom. The number of halogens is 1. The maximum Gasteiger partial charge on any atom is 0.233 e. The minimum absolute atomic E-state index is 0.212. The quantitative estimate of drug-likeness (QED) is 0.902. The monoisotopic (exact) mass is 318 g/mol. The van der Waals surface area contributed by atoms with Gasteiger partial charge in [0.2, 0.25) is 5.91 Å². The van der Waals surface area contributed by atoms with Gasteiger partial charge in [0.1, 0.15) is 5.82 Å². The third-order valence-electron chi connectivity index (χ3n) is 5.86. The summed E-state index contributed by atoms with van der Waals surface area (Å²) in [6, 6.07) is 6.80. The minimum atomic E-state index is -0.552. The van der Waals surface area contributed by atoms with Crippen molar-refractivity contribution < 1.29 is 13.9 Å². The Labute approximate surface area is 136 Å². The molecule has 4 rings (SSSR count). The number of fused-ring (bicyclic) bond motifs is 1. The normalized spacial score (nSPS) is 29.5. The van der Waals surface area contributed by atoms with Crippen LogP contribution in [-0.2, 0) is 14.9 Å². The van der Waals surface area contributed by atoms with Crippen LogP contribution in [0.5, 0.6) is 0 Å². The van der Waals surface area contributed by atoms with Gasteiger partial charge in [-0.3, -0.25) is 4.79 Å². The number of nitrogens with zero attached hydrogens (tertiary/aromatic N) is 1. The van der Waals surface area contributed by atoms with E-state index in [1.54, 1.807) is 12.1 Å². The molecule has 1 aromatic carbocycles. The minimum Gasteiger partial charge on any atom is -0.381 e. The van der Waals surface area contributed by atoms with Gasteiger partial charge in [0.25, 0.3) is 0 Å². The molecule has 4 nitrogen and oxygen atoms in total. The van der Waals surface area contributed by atoms with E-state index in [0.717, 1.165) is 31.6 Å². The van der Waals surface area contributed by atoms with E-state index in [4.69, 9.17) is 4.74 Å². The van der Waals surface area contributed by atoms with Crippen LogP contribution >= 0.6 is 0 Å². The van der Waals surface area contributed by atoms with Crippen LogP contribution < -0.4 is 5.32 Å². The molecule has 1 N–H and O–H groups in total. The van der Waals surface area contributed by atoms with Crippen molar-refractivity contribution in [2.75, 3.05) is 32.8 Å². The van der Waals surface area contributed by atoms with Crippen molar-refractivity contribution in [2.45, 2.75) is 30.7 Å². The molecule has 0 bridgehead atoms. The summed E-state index contributed by atoms with van der Waals surface area (Å²) < 4.78 is 18.8. The van der Waals surface area contributed by atoms with Gasteiger partial charge in [0.15, 0.2) is 0 Å². The van der Waals surface area contributed by atoms with Crippen LogP contribution in [0.1, 0.15) is 24.8 Å². The summed E-state index contributed by atoms with van der Waals surface area (Å²) in [7, 11) is 0. The lowest BCUT2D eigenvalue weighted by Crippen LogP contribution is -2.52. The highest BCUT2D eigenvalue weighted by Crippen LogP contribution is 2.40. The number of benzene rings is 1. The number of rotatable bonds is 2. The van der Waals surface area contributed by atoms with Gasteiger partial charge in [0, 0.05) is 38.9 Å². The zero-order chi connectivity index (χ0) is 15.9. The van der Waals surface area contributed by atoms with Crippen LogP contribution in [0.2, 0.25) is 0 Å². The Balaban J connectivity index is 1.67. The summed E-state index contributed by atoms with van der Waals surface area (Å²) in [4.78, 5) is 15.6. The van der Waals surface area contributed by atoms with Crippen LogP contribution in [0.25, 0.3) is 0 Å². The molecule has 0 aromatic heterocycles. The topological polar surface area (TPSA) is 41.6 Å². The van der Waals surface area contributed by atoms with E-state index >= 15 is 0 Å². The zero-order valence-electron chi connectivity index (χ0n) is 13.3. The first kappa shape index (κ1) is 15.1. The van der Waals surface area contributed by atoms with Crippen molar-refractivity contribution in [1.29, 1.82) is 0 Å². The predicted octanol–water partition coefficient (Wildman–Crippen LogP) is 1.69. The molecule has 0 spiro atoms. The van der Waals surface area contributed by atoms with Crippen molar-refractivity contribution in [1.82, 2.24) is 10.2 Å². The molecule has 124 valence electrons. The first-order valence-corrected chi connectivity index (χ1v) is 8.56. The van der Waals surface area contributed by atoms with Crippen molar-refractivity contribution in [2.24, 2.45) is 5.92 Å². The van der Waals surface area contributed by atoms with E-state index < -0.39 is 5.41 Å². The summed E-state index contributed by atoms with van der Waals surface area (Å²) >= 11 is 0. The lowest BCUT2D eigenvalue weighted by atomic mass is 9.73. The number of hydrogen-bond acceptors (Lipinski definition) is 3. The van der Waals surface area contributed by atoms with E-state index in [0.29, 0.717) is 38.0 Å². The summed E-state index contributed by atoms with van der Waals surface area (Å²) in [5.41, 5.74) is 0.380. The largest absolute Gasteiger partial charge is 0.381 e. The molecule has 3 aliphatic heterocycles. The molecular formula is C18H23FN2O2. The second-order valence-electron chi connectivity index (χ2n) is 6.97. The highest BCUT2D eigenvalue weighted by atomic mass is 19.1. The van der Waals surface area contributed by atoms with E-state index in [1.165, 1.54) is 12.1 Å². The second-order valence-corrected chi connectivity index (χ2v) is 6.97. The number of carbonyl (C=O) groups is 1. The van der Waals surface area contributed by atoms with Crippen LogP contribution in [0, 0.1) is 11.7 Å². The second kappa shape index (κ2) is 5.87. The molecule has 3 heterocycles. The molecule has 5 heteroatoms. The maximum absolute atomic E-state index is 13.5. The average Bonchev–Trinajstić information content (AvgIpc) is 3.19. The lowest BCUT2D eigenvalue weighted by Gasteiger charge is -2.40. The molecule has 3 saturated heterocycles. The van der Waals surface area contributed by atoms with Gasteiger partial charge >= 0.3 is 0 Å². The first-order chi connectivity index (χ1) is 11.2. The molecule has 0 saturated carbocycles. The van der Waals surface area contributed by atoms with Crippen molar-refractivity contribution in [3.63, 3.8) is 0 Å². The van der Waals surface area contributed by atoms with Crippen molar-refractivity contribution in [3.05, 3.63) is 35.6 Å². The van der Waals surface area contributed by atoms with E-state index in [9.17, 15) is 9.18 Å². The summed E-state index contributed by atoms with van der Waals surface area (Å²) in [5.74, 6) is 0.539. The first-order valence-electron chi connectivity index (χ1n) is 8.56. The Kier molecular flexibility index (Phi) is 3.85. The zero-order valence-corrected chi connectivity index (χ0v) is 13.3. The van der Waals surface area contributed by atoms with Crippen LogP contribution in [0.3, 0.4) is 0 Å². The smallest absolute Gasteiger partial charge is 0.233 e. The molecule has 0 aliphatic carbocycles. The fraction of sp³-hybridized carbons (Fsp3) is 0.611. The molecule has 0 unspecified atom stereocenters. The molecule has 2 atom stereocenters. The van der Waals surface area contributed by atoms with Gasteiger partial charge in [-0.2, -0.15) is 0 Å². The Bertz CT molecular complexity index is 583. The van der Waals surface area contributed by atoms with E-state index in [-0.39, 0.29) is 11.7 Å². The van der Waals surface area contributed by atoms with Gasteiger partial charge in [-0.15, -0.1) is 0 Å². The Morgan fingerprint density at radius 2 is 1.96 bits per heavy atom. The van der Waals surface area contributed by atoms with E-state index in [1.807, 2.05) is 0 Å². The summed E-state index contributed by atoms with van der Waals surface area (Å²) in [6.07, 6.45) is 2.44. The molecule has 1 aromatic rings. The van der Waals surface area contributed by atoms with Crippen molar-refractivity contribution >= 4 is 5.91 Å². The Hall–Kier alpha value is -1.46. The summed E-state index contributed by atoms with van der Waals surface area (Å²) in [6.45, 7) is 3.93. The van der Waals surface area contributed by atoms with Gasteiger partial charge in [-0.05, 0) is 42.9 Å². The standard InChI is InChI=1S/C18H23FN2O2/c19-15-3-1-14(2-4-15)18(6-9-23-10-7-18)17(22)21-8-5-13-11-20-12-16(13)21/h1-4,13,16,20H,5-12H2/t13-,16+/m0/s1. The number of hydrogen-bond donors (Lipinski definition) is 1. The van der Waals surface area contributed by atoms with Gasteiger partial charge in [-0.1, -0.05) is 12.1 Å². The number of ether oxygens (including phenoxy) is 1. The fourth-order valence-electron chi connectivity index (χ4n) is 4.49. The third kappa shape index (κ3) is 2.46. The highest BCUT2D eigenvalue weighted by molar-refractivity contribution is 5.89. The maximum atomic E-state index is 13.5. The average molecular weight is 318 g/mol. The predicted molar refractivity (Wildman–Crippen MR) is 84.6 cm³/mol. The fourth-order valence-corrected chi connectivity index (χ4v) is 4.49. The van der Waals surface area contributed by atoms with Gasteiger partial charge < -0.3 is 15.0 Å². The van der Waals surface area contributed by atoms with Gasteiger partial charge in [-0.25, -0.2) is 4.39 Å². The van der Waals surface area contributed by atoms with E-state index in [2.05, 4.69) is 10.2 Å². The van der Waals surface area contributed by atoms with Crippen molar-refractivity contribution in [3.8, 4) is 0 Å². The number of likely N-dealkylation sites (tertiary alicyclic amines) is 1. The lowest BCUT2D eigenvalue weighted by molar-refractivity contribution is -0.142. The van der Waals surface area contributed by atoms with Crippen LogP contribution in [-0.4, -0.2) is 49.7 Å². The highest BCUT2D eigenvalue weighted by Gasteiger charge is 2.49. The molecule has 1 amide bonds. The molecule has 23 heavy (non-hydrogen) atoms. The molecule has 3 fully saturated rings. The third-order valence-corrected chi connectivity index (χ3v) is 5.86. The molecular weight excluding hydrogens is 295 g/mol. The summed E-state index contributed by atoms with van der Waals surface area (Å²) in [5, 5.41) is 3.40. The Morgan fingerprint density at radius 3 is 2.70 bits per heavy atom. The van der Waals surface area contributed by atoms with Gasteiger partial charge in [0.05, 0.1) is 5.41 Å². The molecule has 0 radical (unpaired) electrons. The number of carbonyl (C=O) groups excluding carboxylic acids is 1. The number of amides is 1.